The van der Waals surface area contributed by atoms with Crippen LogP contribution >= 0.6 is 0 Å². The van der Waals surface area contributed by atoms with E-state index < -0.39 is 47.0 Å². The highest BCUT2D eigenvalue weighted by molar-refractivity contribution is 5.94. The molecule has 3 rings (SSSR count). The fraction of sp³-hybridized carbons (Fsp3) is 0.364. The molecule has 5 N–H and O–H groups in total. The molecule has 3 atom stereocenters. The van der Waals surface area contributed by atoms with E-state index in [0.29, 0.717) is 17.7 Å². The number of hydrogen-bond donors (Lipinski definition) is 4. The van der Waals surface area contributed by atoms with Crippen LogP contribution in [0.15, 0.2) is 78.9 Å². The van der Waals surface area contributed by atoms with Crippen LogP contribution in [0.5, 0.6) is 11.5 Å². The SMILES string of the molecule is C[C@@H](NC(=O)[C@@H](NC(=O)[C@@](O)(CCCc1ccc(Oc2ccccc2)c(F)c1)CC(N)=O)C(C)(C)C)c1ccccc1. The third kappa shape index (κ3) is 9.14. The first-order valence-corrected chi connectivity index (χ1v) is 14.0. The molecule has 0 saturated heterocycles. The van der Waals surface area contributed by atoms with Crippen molar-refractivity contribution in [2.45, 2.75) is 71.1 Å². The van der Waals surface area contributed by atoms with Gasteiger partial charge in [-0.15, -0.1) is 0 Å². The molecule has 0 fully saturated rings. The molecule has 0 spiro atoms. The van der Waals surface area contributed by atoms with Gasteiger partial charge in [-0.3, -0.25) is 14.4 Å². The fourth-order valence-corrected chi connectivity index (χ4v) is 4.62. The van der Waals surface area contributed by atoms with E-state index in [4.69, 9.17) is 10.5 Å². The molecular formula is C33H40FN3O5. The molecule has 0 heterocycles. The first-order chi connectivity index (χ1) is 19.8. The summed E-state index contributed by atoms with van der Waals surface area (Å²) in [5, 5.41) is 16.9. The number of hydrogen-bond acceptors (Lipinski definition) is 5. The van der Waals surface area contributed by atoms with E-state index in [1.165, 1.54) is 12.1 Å². The summed E-state index contributed by atoms with van der Waals surface area (Å²) in [6, 6.07) is 21.4. The average Bonchev–Trinajstić information content (AvgIpc) is 2.93. The number of amides is 3. The minimum Gasteiger partial charge on any atom is -0.454 e. The summed E-state index contributed by atoms with van der Waals surface area (Å²) in [5.74, 6) is -2.14. The fourth-order valence-electron chi connectivity index (χ4n) is 4.62. The van der Waals surface area contributed by atoms with Crippen LogP contribution in [0.4, 0.5) is 4.39 Å². The van der Waals surface area contributed by atoms with Gasteiger partial charge in [0.05, 0.1) is 12.5 Å². The quantitative estimate of drug-likeness (QED) is 0.228. The van der Waals surface area contributed by atoms with Crippen LogP contribution in [0.2, 0.25) is 0 Å². The van der Waals surface area contributed by atoms with Crippen molar-refractivity contribution in [3.63, 3.8) is 0 Å². The maximum atomic E-state index is 14.7. The van der Waals surface area contributed by atoms with Crippen molar-refractivity contribution in [3.8, 4) is 11.5 Å². The minimum atomic E-state index is -2.16. The first-order valence-electron chi connectivity index (χ1n) is 14.0. The van der Waals surface area contributed by atoms with Crippen LogP contribution in [0.25, 0.3) is 0 Å². The summed E-state index contributed by atoms with van der Waals surface area (Å²) < 4.78 is 20.3. The van der Waals surface area contributed by atoms with Crippen molar-refractivity contribution in [1.82, 2.24) is 10.6 Å². The van der Waals surface area contributed by atoms with Gasteiger partial charge < -0.3 is 26.2 Å². The summed E-state index contributed by atoms with van der Waals surface area (Å²) in [7, 11) is 0. The number of rotatable bonds is 13. The first kappa shape index (κ1) is 32.3. The molecule has 0 radical (unpaired) electrons. The number of aliphatic hydroxyl groups is 1. The molecular weight excluding hydrogens is 537 g/mol. The normalized spacial score (nSPS) is 14.2. The number of carbonyl (C=O) groups is 3. The zero-order valence-electron chi connectivity index (χ0n) is 24.5. The maximum Gasteiger partial charge on any atom is 0.253 e. The molecule has 3 aromatic carbocycles. The van der Waals surface area contributed by atoms with Gasteiger partial charge in [-0.2, -0.15) is 0 Å². The molecule has 224 valence electrons. The Labute approximate surface area is 246 Å². The zero-order chi connectivity index (χ0) is 30.9. The van der Waals surface area contributed by atoms with Gasteiger partial charge in [0.2, 0.25) is 11.8 Å². The smallest absolute Gasteiger partial charge is 0.253 e. The second-order valence-corrected chi connectivity index (χ2v) is 11.6. The van der Waals surface area contributed by atoms with E-state index in [1.54, 1.807) is 51.1 Å². The third-order valence-electron chi connectivity index (χ3n) is 6.97. The van der Waals surface area contributed by atoms with Crippen molar-refractivity contribution in [3.05, 3.63) is 95.8 Å². The van der Waals surface area contributed by atoms with Crippen molar-refractivity contribution < 1.29 is 28.6 Å². The number of primary amides is 1. The third-order valence-corrected chi connectivity index (χ3v) is 6.97. The lowest BCUT2D eigenvalue weighted by Gasteiger charge is -2.35. The molecule has 3 amide bonds. The molecule has 0 bridgehead atoms. The Balaban J connectivity index is 1.67. The minimum absolute atomic E-state index is 0.0719. The number of nitrogens with two attached hydrogens (primary N) is 1. The summed E-state index contributed by atoms with van der Waals surface area (Å²) in [6.07, 6.45) is -0.206. The molecule has 0 aliphatic carbocycles. The highest BCUT2D eigenvalue weighted by Gasteiger charge is 2.42. The highest BCUT2D eigenvalue weighted by atomic mass is 19.1. The largest absolute Gasteiger partial charge is 0.454 e. The van der Waals surface area contributed by atoms with Crippen LogP contribution in [0.3, 0.4) is 0 Å². The van der Waals surface area contributed by atoms with Gasteiger partial charge in [0.15, 0.2) is 17.2 Å². The Morgan fingerprint density at radius 2 is 1.57 bits per heavy atom. The van der Waals surface area contributed by atoms with Crippen LogP contribution < -0.4 is 21.1 Å². The molecule has 0 aliphatic heterocycles. The maximum absolute atomic E-state index is 14.7. The molecule has 0 unspecified atom stereocenters. The Hall–Kier alpha value is -4.24. The summed E-state index contributed by atoms with van der Waals surface area (Å²) in [6.45, 7) is 7.20. The second-order valence-electron chi connectivity index (χ2n) is 11.6. The lowest BCUT2D eigenvalue weighted by molar-refractivity contribution is -0.148. The van der Waals surface area contributed by atoms with Crippen molar-refractivity contribution in [1.29, 1.82) is 0 Å². The lowest BCUT2D eigenvalue weighted by atomic mass is 9.84. The summed E-state index contributed by atoms with van der Waals surface area (Å²) >= 11 is 0. The molecule has 0 aromatic heterocycles. The van der Waals surface area contributed by atoms with Gasteiger partial charge in [0, 0.05) is 0 Å². The van der Waals surface area contributed by atoms with Crippen molar-refractivity contribution in [2.75, 3.05) is 0 Å². The van der Waals surface area contributed by atoms with Crippen LogP contribution in [0, 0.1) is 11.2 Å². The van der Waals surface area contributed by atoms with Gasteiger partial charge in [-0.05, 0) is 67.0 Å². The van der Waals surface area contributed by atoms with Crippen molar-refractivity contribution >= 4 is 17.7 Å². The monoisotopic (exact) mass is 577 g/mol. The van der Waals surface area contributed by atoms with E-state index in [9.17, 15) is 23.9 Å². The van der Waals surface area contributed by atoms with Crippen LogP contribution in [-0.4, -0.2) is 34.5 Å². The van der Waals surface area contributed by atoms with Crippen LogP contribution in [-0.2, 0) is 20.8 Å². The number of benzene rings is 3. The number of carbonyl (C=O) groups excluding carboxylic acids is 3. The van der Waals surface area contributed by atoms with Gasteiger partial charge >= 0.3 is 0 Å². The van der Waals surface area contributed by atoms with Gasteiger partial charge in [0.1, 0.15) is 11.8 Å². The topological polar surface area (TPSA) is 131 Å². The van der Waals surface area contributed by atoms with E-state index in [1.807, 2.05) is 43.3 Å². The number of halogens is 1. The standard InChI is InChI=1S/C33H40FN3O5/c1-22(24-13-7-5-8-14-24)36-30(39)29(32(2,3)4)37-31(40)33(41,21-28(35)38)19-11-12-23-17-18-27(26(34)20-23)42-25-15-9-6-10-16-25/h5-10,13-18,20,22,29,41H,11-12,19,21H2,1-4H3,(H2,35,38)(H,36,39)(H,37,40)/t22-,29-,33-/m1/s1. The number of aryl methyl sites for hydroxylation is 1. The summed E-state index contributed by atoms with van der Waals surface area (Å²) in [4.78, 5) is 38.5. The molecule has 8 nitrogen and oxygen atoms in total. The predicted molar refractivity (Wildman–Crippen MR) is 159 cm³/mol. The number of nitrogens with one attached hydrogen (secondary N) is 2. The van der Waals surface area contributed by atoms with Gasteiger partial charge in [-0.25, -0.2) is 4.39 Å². The second kappa shape index (κ2) is 14.1. The molecule has 9 heteroatoms. The van der Waals surface area contributed by atoms with Crippen molar-refractivity contribution in [2.24, 2.45) is 11.1 Å². The Morgan fingerprint density at radius 1 is 0.952 bits per heavy atom. The zero-order valence-corrected chi connectivity index (χ0v) is 24.5. The highest BCUT2D eigenvalue weighted by Crippen LogP contribution is 2.27. The molecule has 0 saturated carbocycles. The van der Waals surface area contributed by atoms with E-state index in [2.05, 4.69) is 10.6 Å². The predicted octanol–water partition coefficient (Wildman–Crippen LogP) is 4.96. The number of ether oxygens (including phenoxy) is 1. The molecule has 42 heavy (non-hydrogen) atoms. The van der Waals surface area contributed by atoms with Gasteiger partial charge in [-0.1, -0.05) is 75.4 Å². The Morgan fingerprint density at radius 3 is 2.14 bits per heavy atom. The Kier molecular flexibility index (Phi) is 10.8. The van der Waals surface area contributed by atoms with E-state index in [0.717, 1.165) is 5.56 Å². The average molecular weight is 578 g/mol. The lowest BCUT2D eigenvalue weighted by Crippen LogP contribution is -2.59. The summed E-state index contributed by atoms with van der Waals surface area (Å²) in [5.41, 5.74) is 4.03. The van der Waals surface area contributed by atoms with E-state index >= 15 is 0 Å². The number of para-hydroxylation sites is 1. The molecule has 0 aliphatic rings. The Bertz CT molecular complexity index is 1360. The van der Waals surface area contributed by atoms with Gasteiger partial charge in [0.25, 0.3) is 5.91 Å². The van der Waals surface area contributed by atoms with Crippen LogP contribution in [0.1, 0.15) is 64.1 Å². The molecule has 3 aromatic rings. The van der Waals surface area contributed by atoms with E-state index in [-0.39, 0.29) is 24.6 Å².